The fourth-order valence-corrected chi connectivity index (χ4v) is 5.55. The summed E-state index contributed by atoms with van der Waals surface area (Å²) in [5.74, 6) is -0.557. The van der Waals surface area contributed by atoms with Crippen LogP contribution in [0.2, 0.25) is 0 Å². The molecule has 5 heteroatoms. The van der Waals surface area contributed by atoms with Crippen LogP contribution in [-0.2, 0) is 23.9 Å². The zero-order valence-corrected chi connectivity index (χ0v) is 20.1. The van der Waals surface area contributed by atoms with Crippen molar-refractivity contribution in [2.45, 2.75) is 73.1 Å². The number of ether oxygens (including phenoxy) is 2. The third-order valence-corrected chi connectivity index (χ3v) is 7.31. The van der Waals surface area contributed by atoms with Crippen LogP contribution in [0.15, 0.2) is 46.6 Å². The Balaban J connectivity index is 1.91. The van der Waals surface area contributed by atoms with E-state index in [4.69, 9.17) is 9.47 Å². The first-order chi connectivity index (χ1) is 15.1. The van der Waals surface area contributed by atoms with Crippen molar-refractivity contribution in [1.82, 2.24) is 0 Å². The summed E-state index contributed by atoms with van der Waals surface area (Å²) in [7, 11) is 0. The normalized spacial score (nSPS) is 27.5. The van der Waals surface area contributed by atoms with Gasteiger partial charge in [0.25, 0.3) is 0 Å². The number of hydrogen-bond donors (Lipinski definition) is 0. The maximum absolute atomic E-state index is 12.9. The maximum Gasteiger partial charge on any atom is 0.323 e. The van der Waals surface area contributed by atoms with Crippen molar-refractivity contribution in [2.24, 2.45) is 16.7 Å². The van der Waals surface area contributed by atoms with Gasteiger partial charge in [-0.15, -0.1) is 0 Å². The van der Waals surface area contributed by atoms with Crippen molar-refractivity contribution >= 4 is 17.7 Å². The van der Waals surface area contributed by atoms with Gasteiger partial charge in [0, 0.05) is 6.42 Å². The molecule has 0 fully saturated rings. The summed E-state index contributed by atoms with van der Waals surface area (Å²) < 4.78 is 10.6. The molecule has 0 aromatic heterocycles. The Labute approximate surface area is 191 Å². The van der Waals surface area contributed by atoms with Gasteiger partial charge in [-0.05, 0) is 88.4 Å². The van der Waals surface area contributed by atoms with E-state index in [1.54, 1.807) is 19.9 Å². The number of ketones is 1. The molecule has 3 aliphatic rings. The number of carbonyl (C=O) groups excluding carboxylic acids is 3. The summed E-state index contributed by atoms with van der Waals surface area (Å²) in [6.07, 6.45) is 11.8. The Morgan fingerprint density at radius 3 is 2.34 bits per heavy atom. The Bertz CT molecular complexity index is 898. The van der Waals surface area contributed by atoms with Gasteiger partial charge in [-0.1, -0.05) is 36.3 Å². The predicted octanol–water partition coefficient (Wildman–Crippen LogP) is 5.42. The molecule has 0 amide bonds. The molecule has 3 rings (SSSR count). The molecule has 3 aliphatic carbocycles. The van der Waals surface area contributed by atoms with Gasteiger partial charge < -0.3 is 9.47 Å². The van der Waals surface area contributed by atoms with Crippen molar-refractivity contribution in [1.29, 1.82) is 0 Å². The molecule has 0 aliphatic heterocycles. The lowest BCUT2D eigenvalue weighted by Gasteiger charge is -2.43. The van der Waals surface area contributed by atoms with E-state index in [9.17, 15) is 14.4 Å². The van der Waals surface area contributed by atoms with Crippen LogP contribution >= 0.6 is 0 Å². The van der Waals surface area contributed by atoms with E-state index in [0.29, 0.717) is 25.2 Å². The summed E-state index contributed by atoms with van der Waals surface area (Å²) in [5.41, 5.74) is 3.12. The second-order valence-electron chi connectivity index (χ2n) is 9.80. The average molecular weight is 441 g/mol. The quantitative estimate of drug-likeness (QED) is 0.313. The number of carbonyl (C=O) groups is 3. The lowest BCUT2D eigenvalue weighted by Crippen LogP contribution is -2.44. The van der Waals surface area contributed by atoms with Gasteiger partial charge in [-0.2, -0.15) is 0 Å². The summed E-state index contributed by atoms with van der Waals surface area (Å²) in [4.78, 5) is 38.2. The zero-order chi connectivity index (χ0) is 23.5. The van der Waals surface area contributed by atoms with Crippen molar-refractivity contribution in [3.05, 3.63) is 46.6 Å². The van der Waals surface area contributed by atoms with Gasteiger partial charge in [0.2, 0.25) is 0 Å². The molecule has 32 heavy (non-hydrogen) atoms. The van der Waals surface area contributed by atoms with Crippen LogP contribution in [0.5, 0.6) is 0 Å². The molecule has 0 unspecified atom stereocenters. The van der Waals surface area contributed by atoms with Crippen molar-refractivity contribution < 1.29 is 23.9 Å². The molecule has 0 aromatic rings. The lowest BCUT2D eigenvalue weighted by atomic mass is 9.60. The molecule has 0 heterocycles. The Hall–Kier alpha value is -2.43. The molecular weight excluding hydrogens is 404 g/mol. The highest BCUT2D eigenvalue weighted by molar-refractivity contribution is 6.00. The first kappa shape index (κ1) is 24.2. The SMILES string of the molecule is CCOC(=O)C1(C(=O)OCC)CCC(C)=C(/C=C\C2=CC(=O)C[C@]3(C)CC(C)=CC[C@H]23)C1. The minimum Gasteiger partial charge on any atom is -0.465 e. The molecule has 5 nitrogen and oxygen atoms in total. The summed E-state index contributed by atoms with van der Waals surface area (Å²) >= 11 is 0. The zero-order valence-electron chi connectivity index (χ0n) is 20.1. The number of allylic oxidation sites excluding steroid dienone is 8. The molecular formula is C27H36O5. The van der Waals surface area contributed by atoms with Crippen LogP contribution in [0.4, 0.5) is 0 Å². The van der Waals surface area contributed by atoms with Crippen LogP contribution < -0.4 is 0 Å². The predicted molar refractivity (Wildman–Crippen MR) is 124 cm³/mol. The molecule has 0 saturated heterocycles. The van der Waals surface area contributed by atoms with Crippen LogP contribution in [0.1, 0.15) is 73.1 Å². The van der Waals surface area contributed by atoms with Crippen LogP contribution in [0.3, 0.4) is 0 Å². The number of esters is 2. The Kier molecular flexibility index (Phi) is 7.26. The maximum atomic E-state index is 12.9. The highest BCUT2D eigenvalue weighted by Crippen LogP contribution is 2.50. The van der Waals surface area contributed by atoms with Gasteiger partial charge in [0.15, 0.2) is 11.2 Å². The minimum atomic E-state index is -1.30. The van der Waals surface area contributed by atoms with Gasteiger partial charge in [-0.3, -0.25) is 14.4 Å². The molecule has 0 saturated carbocycles. The average Bonchev–Trinajstić information content (AvgIpc) is 2.72. The molecule has 0 spiro atoms. The number of rotatable bonds is 6. The first-order valence-electron chi connectivity index (χ1n) is 11.8. The lowest BCUT2D eigenvalue weighted by molar-refractivity contribution is -0.173. The van der Waals surface area contributed by atoms with Gasteiger partial charge >= 0.3 is 11.9 Å². The van der Waals surface area contributed by atoms with E-state index in [1.807, 2.05) is 19.1 Å². The second-order valence-corrected chi connectivity index (χ2v) is 9.80. The molecule has 0 radical (unpaired) electrons. The van der Waals surface area contributed by atoms with Crippen molar-refractivity contribution in [2.75, 3.05) is 13.2 Å². The van der Waals surface area contributed by atoms with Crippen LogP contribution in [0, 0.1) is 16.7 Å². The minimum absolute atomic E-state index is 0.0556. The van der Waals surface area contributed by atoms with E-state index in [1.165, 1.54) is 5.57 Å². The van der Waals surface area contributed by atoms with Gasteiger partial charge in [0.05, 0.1) is 13.2 Å². The van der Waals surface area contributed by atoms with E-state index in [-0.39, 0.29) is 30.8 Å². The van der Waals surface area contributed by atoms with Crippen molar-refractivity contribution in [3.63, 3.8) is 0 Å². The standard InChI is InChI=1S/C27H36O5/c1-6-31-24(29)27(25(30)32-7-2)13-12-19(4)21(16-27)10-9-20-14-22(28)17-26(5)15-18(3)8-11-23(20)26/h8-10,14,23H,6-7,11-13,15-17H2,1-5H3/b10-9-/t23-,26+/m1/s1. The fraction of sp³-hybridized carbons (Fsp3) is 0.593. The third kappa shape index (κ3) is 4.67. The summed E-state index contributed by atoms with van der Waals surface area (Å²) in [6.45, 7) is 10.3. The van der Waals surface area contributed by atoms with E-state index in [0.717, 1.165) is 29.6 Å². The molecule has 0 aromatic carbocycles. The Morgan fingerprint density at radius 1 is 1.06 bits per heavy atom. The fourth-order valence-electron chi connectivity index (χ4n) is 5.55. The third-order valence-electron chi connectivity index (χ3n) is 7.31. The smallest absolute Gasteiger partial charge is 0.323 e. The highest BCUT2D eigenvalue weighted by atomic mass is 16.6. The van der Waals surface area contributed by atoms with Crippen LogP contribution in [-0.4, -0.2) is 30.9 Å². The highest BCUT2D eigenvalue weighted by Gasteiger charge is 2.50. The van der Waals surface area contributed by atoms with Gasteiger partial charge in [-0.25, -0.2) is 0 Å². The molecule has 0 N–H and O–H groups in total. The topological polar surface area (TPSA) is 69.7 Å². The van der Waals surface area contributed by atoms with E-state index < -0.39 is 17.4 Å². The largest absolute Gasteiger partial charge is 0.465 e. The first-order valence-corrected chi connectivity index (χ1v) is 11.8. The second kappa shape index (κ2) is 9.60. The molecule has 0 bridgehead atoms. The van der Waals surface area contributed by atoms with E-state index in [2.05, 4.69) is 19.9 Å². The molecule has 2 atom stereocenters. The van der Waals surface area contributed by atoms with E-state index >= 15 is 0 Å². The Morgan fingerprint density at radius 2 is 1.72 bits per heavy atom. The number of hydrogen-bond acceptors (Lipinski definition) is 5. The summed E-state index contributed by atoms with van der Waals surface area (Å²) in [6, 6.07) is 0. The number of fused-ring (bicyclic) bond motifs is 1. The molecule has 174 valence electrons. The van der Waals surface area contributed by atoms with Gasteiger partial charge in [0.1, 0.15) is 0 Å². The summed E-state index contributed by atoms with van der Waals surface area (Å²) in [5, 5.41) is 0. The monoisotopic (exact) mass is 440 g/mol. The van der Waals surface area contributed by atoms with Crippen LogP contribution in [0.25, 0.3) is 0 Å². The van der Waals surface area contributed by atoms with Crippen molar-refractivity contribution in [3.8, 4) is 0 Å².